The summed E-state index contributed by atoms with van der Waals surface area (Å²) in [6, 6.07) is 9.15. The molecule has 0 spiro atoms. The molecule has 0 aliphatic heterocycles. The van der Waals surface area contributed by atoms with Gasteiger partial charge in [0.25, 0.3) is 0 Å². The van der Waals surface area contributed by atoms with E-state index in [1.807, 2.05) is 30.3 Å². The van der Waals surface area contributed by atoms with E-state index in [0.29, 0.717) is 0 Å². The number of carboxylic acid groups (broad SMARTS) is 1. The second-order valence-corrected chi connectivity index (χ2v) is 4.87. The summed E-state index contributed by atoms with van der Waals surface area (Å²) >= 11 is 0. The smallest absolute Gasteiger partial charge is 0.319 e. The lowest BCUT2D eigenvalue weighted by molar-refractivity contribution is -0.136. The molecule has 0 saturated carbocycles. The molecule has 1 rings (SSSR count). The second kappa shape index (κ2) is 6.40. The Kier molecular flexibility index (Phi) is 5.14. The number of hydrogen-bond acceptors (Lipinski definition) is 3. The van der Waals surface area contributed by atoms with Crippen molar-refractivity contribution in [2.75, 3.05) is 13.0 Å². The first-order valence-corrected chi connectivity index (χ1v) is 6.16. The third-order valence-electron chi connectivity index (χ3n) is 2.09. The van der Waals surface area contributed by atoms with E-state index in [1.54, 1.807) is 0 Å². The molecule has 0 bridgehead atoms. The molecule has 0 aliphatic rings. The third kappa shape index (κ3) is 3.75. The van der Waals surface area contributed by atoms with Gasteiger partial charge in [-0.3, -0.25) is 9.00 Å². The predicted octanol–water partition coefficient (Wildman–Crippen LogP) is 1.03. The van der Waals surface area contributed by atoms with E-state index in [4.69, 9.17) is 9.84 Å². The Bertz CT molecular complexity index is 364. The molecule has 88 valence electrons. The van der Waals surface area contributed by atoms with Crippen LogP contribution in [0, 0.1) is 0 Å². The maximum atomic E-state index is 11.6. The molecule has 2 unspecified atom stereocenters. The first-order valence-electron chi connectivity index (χ1n) is 4.78. The van der Waals surface area contributed by atoms with E-state index in [9.17, 15) is 9.00 Å². The number of carbonyl (C=O) groups is 1. The van der Waals surface area contributed by atoms with Crippen molar-refractivity contribution in [2.45, 2.75) is 11.7 Å². The summed E-state index contributed by atoms with van der Waals surface area (Å²) in [5, 5.41) is 8.07. The van der Waals surface area contributed by atoms with Gasteiger partial charge < -0.3 is 9.84 Å². The molecular formula is C11H14O4S. The second-order valence-electron chi connectivity index (χ2n) is 3.30. The Morgan fingerprint density at radius 3 is 2.56 bits per heavy atom. The number of carboxylic acids is 1. The van der Waals surface area contributed by atoms with Crippen LogP contribution in [0.5, 0.6) is 0 Å². The molecule has 0 fully saturated rings. The summed E-state index contributed by atoms with van der Waals surface area (Å²) in [7, 11) is -0.108. The van der Waals surface area contributed by atoms with Crippen LogP contribution in [0.1, 0.15) is 5.56 Å². The monoisotopic (exact) mass is 242 g/mol. The Balaban J connectivity index is 2.73. The summed E-state index contributed by atoms with van der Waals surface area (Å²) in [5.74, 6) is -1.11. The highest BCUT2D eigenvalue weighted by Gasteiger charge is 2.24. The number of aliphatic carboxylic acids is 1. The molecule has 1 aromatic carbocycles. The Labute approximate surface area is 96.7 Å². The highest BCUT2D eigenvalue weighted by atomic mass is 32.2. The number of rotatable bonds is 6. The van der Waals surface area contributed by atoms with Crippen molar-refractivity contribution in [3.05, 3.63) is 35.9 Å². The molecule has 0 heterocycles. The lowest BCUT2D eigenvalue weighted by Crippen LogP contribution is -2.30. The third-order valence-corrected chi connectivity index (χ3v) is 3.56. The van der Waals surface area contributed by atoms with Crippen LogP contribution in [0.15, 0.2) is 30.3 Å². The van der Waals surface area contributed by atoms with Gasteiger partial charge in [-0.25, -0.2) is 0 Å². The molecule has 2 atom stereocenters. The minimum Gasteiger partial charge on any atom is -0.480 e. The van der Waals surface area contributed by atoms with E-state index in [0.717, 1.165) is 5.56 Å². The van der Waals surface area contributed by atoms with E-state index in [2.05, 4.69) is 0 Å². The quantitative estimate of drug-likeness (QED) is 0.809. The first-order chi connectivity index (χ1) is 7.65. The average molecular weight is 242 g/mol. The summed E-state index contributed by atoms with van der Waals surface area (Å²) in [6.45, 7) is 0. The first kappa shape index (κ1) is 12.9. The molecule has 4 nitrogen and oxygen atoms in total. The predicted molar refractivity (Wildman–Crippen MR) is 61.6 cm³/mol. The van der Waals surface area contributed by atoms with Crippen LogP contribution in [0.3, 0.4) is 0 Å². The maximum Gasteiger partial charge on any atom is 0.319 e. The van der Waals surface area contributed by atoms with Gasteiger partial charge in [0.15, 0.2) is 0 Å². The highest BCUT2D eigenvalue weighted by Crippen LogP contribution is 2.08. The minimum atomic E-state index is -1.51. The topological polar surface area (TPSA) is 63.6 Å². The van der Waals surface area contributed by atoms with Gasteiger partial charge in [0.1, 0.15) is 11.2 Å². The zero-order valence-corrected chi connectivity index (χ0v) is 9.78. The van der Waals surface area contributed by atoms with Crippen molar-refractivity contribution in [2.24, 2.45) is 0 Å². The van der Waals surface area contributed by atoms with Crippen molar-refractivity contribution in [1.29, 1.82) is 0 Å². The van der Waals surface area contributed by atoms with Crippen molar-refractivity contribution >= 4 is 16.8 Å². The molecule has 0 saturated heterocycles. The van der Waals surface area contributed by atoms with Crippen LogP contribution in [0.2, 0.25) is 0 Å². The molecule has 1 aromatic rings. The van der Waals surface area contributed by atoms with Crippen LogP contribution in [0.25, 0.3) is 0 Å². The number of hydrogen-bond donors (Lipinski definition) is 1. The summed E-state index contributed by atoms with van der Waals surface area (Å²) < 4.78 is 16.3. The molecule has 0 amide bonds. The Morgan fingerprint density at radius 2 is 2.06 bits per heavy atom. The van der Waals surface area contributed by atoms with Crippen LogP contribution in [0.4, 0.5) is 0 Å². The van der Waals surface area contributed by atoms with E-state index in [-0.39, 0.29) is 12.4 Å². The molecular weight excluding hydrogens is 228 g/mol. The summed E-state index contributed by atoms with van der Waals surface area (Å²) in [6.07, 6.45) is 0.256. The van der Waals surface area contributed by atoms with Crippen molar-refractivity contribution in [1.82, 2.24) is 0 Å². The fraction of sp³-hybridized carbons (Fsp3) is 0.364. The van der Waals surface area contributed by atoms with E-state index >= 15 is 0 Å². The van der Waals surface area contributed by atoms with Gasteiger partial charge in [0.2, 0.25) is 0 Å². The normalized spacial score (nSPS) is 14.3. The molecule has 5 heteroatoms. The van der Waals surface area contributed by atoms with Crippen molar-refractivity contribution in [3.8, 4) is 0 Å². The largest absolute Gasteiger partial charge is 0.480 e. The molecule has 0 aromatic heterocycles. The van der Waals surface area contributed by atoms with Crippen LogP contribution < -0.4 is 0 Å². The Morgan fingerprint density at radius 1 is 1.44 bits per heavy atom. The lowest BCUT2D eigenvalue weighted by atomic mass is 10.1. The number of ether oxygens (including phenoxy) is 1. The zero-order chi connectivity index (χ0) is 12.0. The number of benzene rings is 1. The van der Waals surface area contributed by atoms with Crippen molar-refractivity contribution < 1.29 is 18.8 Å². The zero-order valence-electron chi connectivity index (χ0n) is 8.96. The average Bonchev–Trinajstić information content (AvgIpc) is 2.27. The van der Waals surface area contributed by atoms with Gasteiger partial charge in [-0.15, -0.1) is 0 Å². The summed E-state index contributed by atoms with van der Waals surface area (Å²) in [5.41, 5.74) is 0.861. The van der Waals surface area contributed by atoms with E-state index < -0.39 is 22.0 Å². The van der Waals surface area contributed by atoms with Crippen LogP contribution in [-0.4, -0.2) is 33.6 Å². The van der Waals surface area contributed by atoms with Gasteiger partial charge in [-0.05, 0) is 12.0 Å². The van der Waals surface area contributed by atoms with Gasteiger partial charge in [0, 0.05) is 7.11 Å². The van der Waals surface area contributed by atoms with Gasteiger partial charge >= 0.3 is 5.97 Å². The standard InChI is InChI=1S/C11H14O4S/c1-15-8-16(14)10(11(12)13)7-9-5-3-2-4-6-9/h2-6,10H,7-8H2,1H3,(H,12,13). The highest BCUT2D eigenvalue weighted by molar-refractivity contribution is 7.86. The van der Waals surface area contributed by atoms with E-state index in [1.165, 1.54) is 7.11 Å². The summed E-state index contributed by atoms with van der Waals surface area (Å²) in [4.78, 5) is 11.0. The maximum absolute atomic E-state index is 11.6. The Hall–Kier alpha value is -1.20. The van der Waals surface area contributed by atoms with Crippen LogP contribution >= 0.6 is 0 Å². The van der Waals surface area contributed by atoms with Crippen LogP contribution in [-0.2, 0) is 26.8 Å². The lowest BCUT2D eigenvalue weighted by Gasteiger charge is -2.11. The fourth-order valence-electron chi connectivity index (χ4n) is 1.32. The molecule has 16 heavy (non-hydrogen) atoms. The van der Waals surface area contributed by atoms with Gasteiger partial charge in [-0.1, -0.05) is 30.3 Å². The molecule has 1 N–H and O–H groups in total. The molecule has 0 aliphatic carbocycles. The number of methoxy groups -OCH3 is 1. The van der Waals surface area contributed by atoms with Gasteiger partial charge in [-0.2, -0.15) is 0 Å². The fourth-order valence-corrected chi connectivity index (χ4v) is 2.32. The minimum absolute atomic E-state index is 0.0518. The van der Waals surface area contributed by atoms with Gasteiger partial charge in [0.05, 0.1) is 10.8 Å². The SMILES string of the molecule is COCS(=O)C(Cc1ccccc1)C(=O)O. The van der Waals surface area contributed by atoms with Crippen molar-refractivity contribution in [3.63, 3.8) is 0 Å². The molecule has 0 radical (unpaired) electrons.